The Kier molecular flexibility index (Phi) is 5.02. The molecule has 0 atom stereocenters. The monoisotopic (exact) mass is 426 g/mol. The van der Waals surface area contributed by atoms with E-state index >= 15 is 0 Å². The van der Waals surface area contributed by atoms with E-state index < -0.39 is 11.5 Å². The number of fused-ring (bicyclic) bond motifs is 1. The maximum atomic E-state index is 13.0. The molecule has 4 heterocycles. The number of nitrogens with zero attached hydrogens (tertiary/aromatic N) is 5. The summed E-state index contributed by atoms with van der Waals surface area (Å²) in [5, 5.41) is 7.25. The third-order valence-corrected chi connectivity index (χ3v) is 6.47. The zero-order chi connectivity index (χ0) is 21.5. The summed E-state index contributed by atoms with van der Waals surface area (Å²) in [5.74, 6) is 0.634. The molecule has 3 aromatic rings. The normalized spacial score (nSPS) is 14.7. The second kappa shape index (κ2) is 7.52. The van der Waals surface area contributed by atoms with Gasteiger partial charge in [-0.2, -0.15) is 5.10 Å². The van der Waals surface area contributed by atoms with Crippen molar-refractivity contribution in [2.75, 3.05) is 18.5 Å². The van der Waals surface area contributed by atoms with Crippen molar-refractivity contribution < 1.29 is 14.3 Å². The summed E-state index contributed by atoms with van der Waals surface area (Å²) in [5.41, 5.74) is 0.712. The van der Waals surface area contributed by atoms with Crippen molar-refractivity contribution in [3.63, 3.8) is 0 Å². The fourth-order valence-electron chi connectivity index (χ4n) is 3.42. The molecule has 1 aliphatic rings. The molecule has 0 unspecified atom stereocenters. The van der Waals surface area contributed by atoms with Crippen LogP contribution in [-0.2, 0) is 22.1 Å². The molecule has 0 fully saturated rings. The second-order valence-corrected chi connectivity index (χ2v) is 8.39. The number of amides is 1. The van der Waals surface area contributed by atoms with Gasteiger partial charge in [0.2, 0.25) is 5.95 Å². The van der Waals surface area contributed by atoms with Gasteiger partial charge < -0.3 is 15.0 Å². The number of ether oxygens (including phenoxy) is 1. The molecule has 9 nitrogen and oxygen atoms in total. The van der Waals surface area contributed by atoms with Crippen LogP contribution < -0.4 is 5.32 Å². The first kappa shape index (κ1) is 20.0. The van der Waals surface area contributed by atoms with Crippen LogP contribution in [0.5, 0.6) is 0 Å². The summed E-state index contributed by atoms with van der Waals surface area (Å²) in [7, 11) is 1.83. The lowest BCUT2D eigenvalue weighted by atomic mass is 10.0. The van der Waals surface area contributed by atoms with Gasteiger partial charge in [0.1, 0.15) is 12.4 Å². The number of aromatic nitrogens is 4. The van der Waals surface area contributed by atoms with E-state index in [1.54, 1.807) is 28.9 Å². The minimum Gasteiger partial charge on any atom is -0.465 e. The molecule has 156 valence electrons. The number of hydrogen-bond acceptors (Lipinski definition) is 8. The van der Waals surface area contributed by atoms with Crippen molar-refractivity contribution >= 4 is 35.0 Å². The maximum Gasteiger partial charge on any atom is 0.325 e. The highest BCUT2D eigenvalue weighted by molar-refractivity contribution is 7.16. The zero-order valence-corrected chi connectivity index (χ0v) is 18.0. The predicted octanol–water partition coefficient (Wildman–Crippen LogP) is 2.94. The first-order chi connectivity index (χ1) is 14.3. The van der Waals surface area contributed by atoms with Crippen molar-refractivity contribution in [1.29, 1.82) is 0 Å². The van der Waals surface area contributed by atoms with E-state index in [1.807, 2.05) is 39.1 Å². The molecule has 0 saturated carbocycles. The highest BCUT2D eigenvalue weighted by Crippen LogP contribution is 2.45. The fourth-order valence-corrected chi connectivity index (χ4v) is 4.66. The van der Waals surface area contributed by atoms with Gasteiger partial charge in [-0.1, -0.05) is 0 Å². The van der Waals surface area contributed by atoms with Crippen LogP contribution in [-0.4, -0.2) is 49.7 Å². The first-order valence-electron chi connectivity index (χ1n) is 9.51. The molecule has 1 aliphatic heterocycles. The lowest BCUT2D eigenvalue weighted by molar-refractivity contribution is -0.144. The standard InChI is InChI=1S/C20H22N6O3S/c1-5-29-16(27)11-26-18(28)12-10-14(30-17(12)20(26,2)3)13-6-8-21-19(23-13)24-15-7-9-22-25(15)4/h6-10H,5,11H2,1-4H3,(H,21,23,24). The van der Waals surface area contributed by atoms with Crippen molar-refractivity contribution in [2.45, 2.75) is 26.3 Å². The third-order valence-electron chi connectivity index (χ3n) is 5.00. The molecule has 0 radical (unpaired) electrons. The molecule has 0 aliphatic carbocycles. The summed E-state index contributed by atoms with van der Waals surface area (Å²) in [6, 6.07) is 5.48. The van der Waals surface area contributed by atoms with Crippen LogP contribution in [0.3, 0.4) is 0 Å². The summed E-state index contributed by atoms with van der Waals surface area (Å²) >= 11 is 1.50. The lowest BCUT2D eigenvalue weighted by Crippen LogP contribution is -2.42. The van der Waals surface area contributed by atoms with Crippen LogP contribution in [0.25, 0.3) is 10.6 Å². The number of carbonyl (C=O) groups excluding carboxylic acids is 2. The summed E-state index contributed by atoms with van der Waals surface area (Å²) < 4.78 is 6.71. The summed E-state index contributed by atoms with van der Waals surface area (Å²) in [6.07, 6.45) is 3.36. The van der Waals surface area contributed by atoms with E-state index in [2.05, 4.69) is 20.4 Å². The average Bonchev–Trinajstić information content (AvgIpc) is 3.37. The number of anilines is 2. The maximum absolute atomic E-state index is 13.0. The Morgan fingerprint density at radius 1 is 1.30 bits per heavy atom. The Morgan fingerprint density at radius 2 is 2.10 bits per heavy atom. The Labute approximate surface area is 177 Å². The van der Waals surface area contributed by atoms with Gasteiger partial charge in [-0.25, -0.2) is 9.97 Å². The number of esters is 1. The molecular weight excluding hydrogens is 404 g/mol. The molecule has 3 aromatic heterocycles. The van der Waals surface area contributed by atoms with E-state index in [9.17, 15) is 9.59 Å². The van der Waals surface area contributed by atoms with Crippen molar-refractivity contribution in [1.82, 2.24) is 24.6 Å². The number of carbonyl (C=O) groups is 2. The molecule has 0 bridgehead atoms. The van der Waals surface area contributed by atoms with Gasteiger partial charge in [0, 0.05) is 24.2 Å². The van der Waals surface area contributed by atoms with Gasteiger partial charge in [0.25, 0.3) is 5.91 Å². The van der Waals surface area contributed by atoms with Gasteiger partial charge in [-0.05, 0) is 32.9 Å². The zero-order valence-electron chi connectivity index (χ0n) is 17.2. The van der Waals surface area contributed by atoms with Gasteiger partial charge >= 0.3 is 5.97 Å². The number of hydrogen-bond donors (Lipinski definition) is 1. The molecule has 1 amide bonds. The van der Waals surface area contributed by atoms with E-state index in [4.69, 9.17) is 4.74 Å². The van der Waals surface area contributed by atoms with E-state index in [1.165, 1.54) is 11.3 Å². The minimum absolute atomic E-state index is 0.0668. The van der Waals surface area contributed by atoms with Crippen LogP contribution in [0, 0.1) is 0 Å². The number of nitrogens with one attached hydrogen (secondary N) is 1. The Morgan fingerprint density at radius 3 is 2.77 bits per heavy atom. The van der Waals surface area contributed by atoms with E-state index in [0.717, 1.165) is 21.3 Å². The molecule has 0 spiro atoms. The van der Waals surface area contributed by atoms with E-state index in [-0.39, 0.29) is 19.1 Å². The van der Waals surface area contributed by atoms with Crippen LogP contribution in [0.4, 0.5) is 11.8 Å². The summed E-state index contributed by atoms with van der Waals surface area (Å²) in [6.45, 7) is 5.84. The number of rotatable bonds is 6. The first-order valence-corrected chi connectivity index (χ1v) is 10.3. The highest BCUT2D eigenvalue weighted by atomic mass is 32.1. The molecular formula is C20H22N6O3S. The quantitative estimate of drug-likeness (QED) is 0.605. The smallest absolute Gasteiger partial charge is 0.325 e. The van der Waals surface area contributed by atoms with Crippen molar-refractivity contribution in [2.24, 2.45) is 7.05 Å². The van der Waals surface area contributed by atoms with Crippen LogP contribution in [0.2, 0.25) is 0 Å². The second-order valence-electron chi connectivity index (χ2n) is 7.34. The SMILES string of the molecule is CCOC(=O)CN1C(=O)c2cc(-c3ccnc(Nc4ccnn4C)n3)sc2C1(C)C. The Hall–Kier alpha value is -3.27. The van der Waals surface area contributed by atoms with Crippen molar-refractivity contribution in [3.05, 3.63) is 41.0 Å². The van der Waals surface area contributed by atoms with E-state index in [0.29, 0.717) is 11.5 Å². The van der Waals surface area contributed by atoms with Crippen LogP contribution in [0.1, 0.15) is 36.0 Å². The van der Waals surface area contributed by atoms with Crippen LogP contribution >= 0.6 is 11.3 Å². The van der Waals surface area contributed by atoms with Gasteiger partial charge in [-0.15, -0.1) is 11.3 Å². The Bertz CT molecular complexity index is 1120. The lowest BCUT2D eigenvalue weighted by Gasteiger charge is -2.31. The molecule has 10 heteroatoms. The number of aryl methyl sites for hydroxylation is 1. The van der Waals surface area contributed by atoms with Gasteiger partial charge in [0.15, 0.2) is 0 Å². The highest BCUT2D eigenvalue weighted by Gasteiger charge is 2.46. The van der Waals surface area contributed by atoms with Crippen LogP contribution in [0.15, 0.2) is 30.6 Å². The molecule has 30 heavy (non-hydrogen) atoms. The van der Waals surface area contributed by atoms with Crippen molar-refractivity contribution in [3.8, 4) is 10.6 Å². The fraction of sp³-hybridized carbons (Fsp3) is 0.350. The number of thiophene rings is 1. The minimum atomic E-state index is -0.606. The molecule has 0 aromatic carbocycles. The van der Waals surface area contributed by atoms with Gasteiger partial charge in [0.05, 0.1) is 34.5 Å². The topological polar surface area (TPSA) is 102 Å². The Balaban J connectivity index is 1.61. The average molecular weight is 427 g/mol. The summed E-state index contributed by atoms with van der Waals surface area (Å²) in [4.78, 5) is 37.1. The van der Waals surface area contributed by atoms with Gasteiger partial charge in [-0.3, -0.25) is 14.3 Å². The molecule has 1 N–H and O–H groups in total. The molecule has 0 saturated heterocycles. The predicted molar refractivity (Wildman–Crippen MR) is 113 cm³/mol. The molecule has 4 rings (SSSR count). The third kappa shape index (κ3) is 3.43. The largest absolute Gasteiger partial charge is 0.465 e.